The summed E-state index contributed by atoms with van der Waals surface area (Å²) in [5.41, 5.74) is 2.20. The van der Waals surface area contributed by atoms with Crippen molar-refractivity contribution in [1.82, 2.24) is 15.6 Å². The predicted molar refractivity (Wildman–Crippen MR) is 112 cm³/mol. The zero-order valence-corrected chi connectivity index (χ0v) is 16.8. The van der Waals surface area contributed by atoms with Gasteiger partial charge in [0.15, 0.2) is 6.61 Å². The summed E-state index contributed by atoms with van der Waals surface area (Å²) >= 11 is 1.45. The lowest BCUT2D eigenvalue weighted by atomic mass is 9.97. The second-order valence-electron chi connectivity index (χ2n) is 6.62. The number of urea groups is 1. The molecular formula is C21H23N3O4S. The van der Waals surface area contributed by atoms with Crippen molar-refractivity contribution in [3.05, 3.63) is 47.0 Å². The zero-order valence-electron chi connectivity index (χ0n) is 16.0. The third-order valence-electron chi connectivity index (χ3n) is 4.39. The Balaban J connectivity index is 1.34. The molecule has 1 heterocycles. The maximum Gasteiger partial charge on any atom is 0.331 e. The molecule has 0 fully saturated rings. The van der Waals surface area contributed by atoms with E-state index in [1.54, 1.807) is 0 Å². The number of carbonyl (C=O) groups is 3. The maximum atomic E-state index is 11.7. The van der Waals surface area contributed by atoms with E-state index in [1.165, 1.54) is 41.9 Å². The molecule has 0 aliphatic heterocycles. The van der Waals surface area contributed by atoms with Crippen LogP contribution >= 0.6 is 11.3 Å². The molecule has 1 aliphatic carbocycles. The van der Waals surface area contributed by atoms with Crippen LogP contribution in [0.2, 0.25) is 0 Å². The molecule has 152 valence electrons. The highest BCUT2D eigenvalue weighted by Gasteiger charge is 2.10. The van der Waals surface area contributed by atoms with Gasteiger partial charge in [-0.15, -0.1) is 11.3 Å². The fourth-order valence-electron chi connectivity index (χ4n) is 2.96. The highest BCUT2D eigenvalue weighted by Crippen LogP contribution is 2.22. The van der Waals surface area contributed by atoms with Gasteiger partial charge in [0.25, 0.3) is 5.91 Å². The van der Waals surface area contributed by atoms with Crippen LogP contribution in [0.5, 0.6) is 0 Å². The Morgan fingerprint density at radius 1 is 1.21 bits per heavy atom. The van der Waals surface area contributed by atoms with Crippen molar-refractivity contribution < 1.29 is 19.1 Å². The van der Waals surface area contributed by atoms with E-state index in [-0.39, 0.29) is 0 Å². The number of para-hydroxylation sites is 1. The number of esters is 1. The number of amides is 3. The average molecular weight is 413 g/mol. The summed E-state index contributed by atoms with van der Waals surface area (Å²) in [5.74, 6) is -1.36. The van der Waals surface area contributed by atoms with Gasteiger partial charge in [0.05, 0.1) is 10.2 Å². The van der Waals surface area contributed by atoms with Crippen LogP contribution < -0.4 is 10.6 Å². The minimum atomic E-state index is -0.680. The van der Waals surface area contributed by atoms with E-state index in [9.17, 15) is 14.4 Å². The van der Waals surface area contributed by atoms with Crippen molar-refractivity contribution in [2.75, 3.05) is 13.2 Å². The highest BCUT2D eigenvalue weighted by atomic mass is 32.1. The van der Waals surface area contributed by atoms with Gasteiger partial charge in [0, 0.05) is 12.6 Å². The number of rotatable bonds is 7. The van der Waals surface area contributed by atoms with E-state index >= 15 is 0 Å². The summed E-state index contributed by atoms with van der Waals surface area (Å²) in [6.07, 6.45) is 10.3. The number of hydrogen-bond acceptors (Lipinski definition) is 6. The molecule has 7 nitrogen and oxygen atoms in total. The lowest BCUT2D eigenvalue weighted by Crippen LogP contribution is -2.41. The summed E-state index contributed by atoms with van der Waals surface area (Å²) in [7, 11) is 0. The number of imide groups is 1. The van der Waals surface area contributed by atoms with Crippen molar-refractivity contribution >= 4 is 45.5 Å². The maximum absolute atomic E-state index is 11.7. The number of aromatic nitrogens is 1. The fraction of sp³-hybridized carbons (Fsp3) is 0.333. The molecule has 1 aromatic carbocycles. The number of thiazole rings is 1. The molecule has 0 unspecified atom stereocenters. The molecule has 0 spiro atoms. The second kappa shape index (κ2) is 10.5. The number of benzene rings is 1. The van der Waals surface area contributed by atoms with Crippen molar-refractivity contribution in [2.24, 2.45) is 0 Å². The quantitative estimate of drug-likeness (QED) is 0.411. The molecule has 3 rings (SSSR count). The number of allylic oxidation sites excluding steroid dienone is 1. The third-order valence-corrected chi connectivity index (χ3v) is 5.39. The topological polar surface area (TPSA) is 97.4 Å². The van der Waals surface area contributed by atoms with E-state index in [0.717, 1.165) is 29.5 Å². The van der Waals surface area contributed by atoms with Gasteiger partial charge in [-0.25, -0.2) is 14.6 Å². The predicted octanol–water partition coefficient (Wildman–Crippen LogP) is 3.57. The number of carbonyl (C=O) groups excluding carboxylic acids is 3. The van der Waals surface area contributed by atoms with Gasteiger partial charge in [0.2, 0.25) is 0 Å². The Labute approximate surface area is 172 Å². The molecule has 0 saturated heterocycles. The smallest absolute Gasteiger partial charge is 0.331 e. The summed E-state index contributed by atoms with van der Waals surface area (Å²) in [5, 5.41) is 5.45. The van der Waals surface area contributed by atoms with Crippen molar-refractivity contribution in [3.8, 4) is 0 Å². The molecule has 1 aliphatic rings. The minimum Gasteiger partial charge on any atom is -0.452 e. The van der Waals surface area contributed by atoms with Crippen molar-refractivity contribution in [1.29, 1.82) is 0 Å². The van der Waals surface area contributed by atoms with Crippen LogP contribution in [0.15, 0.2) is 42.0 Å². The number of nitrogens with zero attached hydrogens (tertiary/aromatic N) is 1. The molecule has 0 bridgehead atoms. The molecule has 0 saturated carbocycles. The first-order valence-electron chi connectivity index (χ1n) is 9.56. The van der Waals surface area contributed by atoms with Gasteiger partial charge in [-0.3, -0.25) is 10.1 Å². The summed E-state index contributed by atoms with van der Waals surface area (Å²) < 4.78 is 5.87. The Morgan fingerprint density at radius 2 is 2.07 bits per heavy atom. The monoisotopic (exact) mass is 413 g/mol. The van der Waals surface area contributed by atoms with Gasteiger partial charge in [-0.2, -0.15) is 0 Å². The standard InChI is InChI=1S/C21H23N3O4S/c25-18(24-21(27)22-13-12-15-6-2-1-3-7-15)14-28-20(26)11-10-19-23-16-8-4-5-9-17(16)29-19/h4-6,8-11H,1-3,7,12-14H2,(H2,22,24,25,27)/b11-10+. The van der Waals surface area contributed by atoms with Gasteiger partial charge >= 0.3 is 12.0 Å². The Kier molecular flexibility index (Phi) is 7.52. The average Bonchev–Trinajstić information content (AvgIpc) is 3.14. The Hall–Kier alpha value is -3.00. The molecule has 1 aromatic heterocycles. The fourth-order valence-corrected chi connectivity index (χ4v) is 3.83. The molecule has 2 N–H and O–H groups in total. The molecule has 0 atom stereocenters. The summed E-state index contributed by atoms with van der Waals surface area (Å²) in [6, 6.07) is 7.07. The summed E-state index contributed by atoms with van der Waals surface area (Å²) in [6.45, 7) is -0.0583. The first-order chi connectivity index (χ1) is 14.1. The number of ether oxygens (including phenoxy) is 1. The Bertz CT molecular complexity index is 915. The lowest BCUT2D eigenvalue weighted by molar-refractivity contribution is -0.143. The highest BCUT2D eigenvalue weighted by molar-refractivity contribution is 7.19. The van der Waals surface area contributed by atoms with Crippen molar-refractivity contribution in [2.45, 2.75) is 32.1 Å². The minimum absolute atomic E-state index is 0.468. The lowest BCUT2D eigenvalue weighted by Gasteiger charge is -2.13. The molecule has 29 heavy (non-hydrogen) atoms. The summed E-state index contributed by atoms with van der Waals surface area (Å²) in [4.78, 5) is 39.6. The second-order valence-corrected chi connectivity index (χ2v) is 7.69. The molecule has 8 heteroatoms. The van der Waals surface area contributed by atoms with Gasteiger partial charge in [-0.1, -0.05) is 23.8 Å². The van der Waals surface area contributed by atoms with Crippen LogP contribution in [0, 0.1) is 0 Å². The van der Waals surface area contributed by atoms with E-state index in [2.05, 4.69) is 21.7 Å². The van der Waals surface area contributed by atoms with Crippen LogP contribution in [0.25, 0.3) is 16.3 Å². The molecule has 3 amide bonds. The van der Waals surface area contributed by atoms with Crippen LogP contribution in [-0.2, 0) is 14.3 Å². The number of hydrogen-bond donors (Lipinski definition) is 2. The van der Waals surface area contributed by atoms with Crippen molar-refractivity contribution in [3.63, 3.8) is 0 Å². The van der Waals surface area contributed by atoms with E-state index in [0.29, 0.717) is 11.6 Å². The normalized spacial score (nSPS) is 13.9. The van der Waals surface area contributed by atoms with E-state index in [1.807, 2.05) is 24.3 Å². The first kappa shape index (κ1) is 20.7. The van der Waals surface area contributed by atoms with Gasteiger partial charge in [0.1, 0.15) is 5.01 Å². The van der Waals surface area contributed by atoms with Crippen LogP contribution in [0.4, 0.5) is 4.79 Å². The van der Waals surface area contributed by atoms with Crippen LogP contribution in [0.3, 0.4) is 0 Å². The van der Waals surface area contributed by atoms with E-state index in [4.69, 9.17) is 4.74 Å². The first-order valence-corrected chi connectivity index (χ1v) is 10.4. The van der Waals surface area contributed by atoms with Crippen LogP contribution in [-0.4, -0.2) is 36.0 Å². The third kappa shape index (κ3) is 6.83. The molecular weight excluding hydrogens is 390 g/mol. The van der Waals surface area contributed by atoms with Gasteiger partial charge in [-0.05, 0) is 50.3 Å². The zero-order chi connectivity index (χ0) is 20.5. The molecule has 2 aromatic rings. The Morgan fingerprint density at radius 3 is 2.86 bits per heavy atom. The van der Waals surface area contributed by atoms with E-state index < -0.39 is 24.5 Å². The van der Waals surface area contributed by atoms with Gasteiger partial charge < -0.3 is 10.1 Å². The number of nitrogens with one attached hydrogen (secondary N) is 2. The largest absolute Gasteiger partial charge is 0.452 e. The number of fused-ring (bicyclic) bond motifs is 1. The van der Waals surface area contributed by atoms with Crippen LogP contribution in [0.1, 0.15) is 37.1 Å². The SMILES string of the molecule is O=C(COC(=O)/C=C/c1nc2ccccc2s1)NC(=O)NCCC1=CCCCC1. The molecule has 0 radical (unpaired) electrons.